The van der Waals surface area contributed by atoms with Crippen molar-refractivity contribution in [2.45, 2.75) is 45.1 Å². The first-order valence-electron chi connectivity index (χ1n) is 6.63. The average molecular weight is 285 g/mol. The zero-order valence-corrected chi connectivity index (χ0v) is 12.8. The van der Waals surface area contributed by atoms with Gasteiger partial charge in [0, 0.05) is 18.8 Å². The van der Waals surface area contributed by atoms with Crippen LogP contribution < -0.4 is 10.0 Å². The van der Waals surface area contributed by atoms with E-state index in [1.54, 1.807) is 18.3 Å². The number of aromatic nitrogens is 1. The summed E-state index contributed by atoms with van der Waals surface area (Å²) in [5, 5.41) is 2.97. The Labute approximate surface area is 115 Å². The maximum absolute atomic E-state index is 12.4. The molecule has 1 heterocycles. The number of hydrogen-bond acceptors (Lipinski definition) is 4. The Bertz CT molecular complexity index is 502. The fraction of sp³-hybridized carbons (Fsp3) is 0.615. The highest BCUT2D eigenvalue weighted by Crippen LogP contribution is 2.19. The molecule has 2 N–H and O–H groups in total. The number of nitrogens with one attached hydrogen (secondary N) is 2. The van der Waals surface area contributed by atoms with E-state index in [0.717, 1.165) is 6.42 Å². The SMILES string of the molecule is CCNc1ncccc1S(=O)(=O)NC(C)C(C)CC. The van der Waals surface area contributed by atoms with Crippen LogP contribution >= 0.6 is 0 Å². The van der Waals surface area contributed by atoms with Crippen molar-refractivity contribution in [2.75, 3.05) is 11.9 Å². The van der Waals surface area contributed by atoms with E-state index in [1.807, 2.05) is 27.7 Å². The predicted octanol–water partition coefficient (Wildman–Crippen LogP) is 2.23. The second-order valence-corrected chi connectivity index (χ2v) is 6.36. The topological polar surface area (TPSA) is 71.1 Å². The van der Waals surface area contributed by atoms with E-state index in [1.165, 1.54) is 0 Å². The Morgan fingerprint density at radius 1 is 1.32 bits per heavy atom. The molecule has 0 amide bonds. The molecule has 0 aliphatic rings. The quantitative estimate of drug-likeness (QED) is 0.806. The van der Waals surface area contributed by atoms with Crippen molar-refractivity contribution in [2.24, 2.45) is 5.92 Å². The van der Waals surface area contributed by atoms with Gasteiger partial charge in [-0.15, -0.1) is 0 Å². The van der Waals surface area contributed by atoms with Gasteiger partial charge in [0.05, 0.1) is 0 Å². The maximum atomic E-state index is 12.4. The highest BCUT2D eigenvalue weighted by Gasteiger charge is 2.23. The molecule has 0 aromatic carbocycles. The first-order chi connectivity index (χ1) is 8.92. The number of rotatable bonds is 7. The van der Waals surface area contributed by atoms with Gasteiger partial charge in [-0.05, 0) is 31.9 Å². The summed E-state index contributed by atoms with van der Waals surface area (Å²) in [5.41, 5.74) is 0. The zero-order valence-electron chi connectivity index (χ0n) is 12.0. The van der Waals surface area contributed by atoms with Crippen LogP contribution in [-0.2, 0) is 10.0 Å². The lowest BCUT2D eigenvalue weighted by Crippen LogP contribution is -2.37. The second-order valence-electron chi connectivity index (χ2n) is 4.68. The van der Waals surface area contributed by atoms with Crippen LogP contribution in [0, 0.1) is 5.92 Å². The van der Waals surface area contributed by atoms with Gasteiger partial charge in [-0.25, -0.2) is 18.1 Å². The molecule has 0 saturated carbocycles. The van der Waals surface area contributed by atoms with Gasteiger partial charge < -0.3 is 5.32 Å². The summed E-state index contributed by atoms with van der Waals surface area (Å²) in [6.45, 7) is 8.49. The minimum absolute atomic E-state index is 0.107. The first-order valence-corrected chi connectivity index (χ1v) is 8.11. The Kier molecular flexibility index (Phi) is 5.75. The van der Waals surface area contributed by atoms with Crippen LogP contribution in [-0.4, -0.2) is 26.0 Å². The molecule has 5 nitrogen and oxygen atoms in total. The van der Waals surface area contributed by atoms with Gasteiger partial charge in [0.2, 0.25) is 10.0 Å². The summed E-state index contributed by atoms with van der Waals surface area (Å²) < 4.78 is 27.4. The number of hydrogen-bond donors (Lipinski definition) is 2. The summed E-state index contributed by atoms with van der Waals surface area (Å²) in [7, 11) is -3.54. The molecule has 0 saturated heterocycles. The van der Waals surface area contributed by atoms with Gasteiger partial charge in [0.25, 0.3) is 0 Å². The van der Waals surface area contributed by atoms with Crippen LogP contribution in [0.5, 0.6) is 0 Å². The molecule has 0 fully saturated rings. The molecular formula is C13H23N3O2S. The van der Waals surface area contributed by atoms with E-state index < -0.39 is 10.0 Å². The van der Waals surface area contributed by atoms with Crippen LogP contribution in [0.3, 0.4) is 0 Å². The van der Waals surface area contributed by atoms with Gasteiger partial charge in [0.1, 0.15) is 10.7 Å². The van der Waals surface area contributed by atoms with Crippen molar-refractivity contribution < 1.29 is 8.42 Å². The van der Waals surface area contributed by atoms with E-state index in [-0.39, 0.29) is 16.9 Å². The van der Waals surface area contributed by atoms with E-state index >= 15 is 0 Å². The van der Waals surface area contributed by atoms with Crippen LogP contribution in [0.4, 0.5) is 5.82 Å². The number of nitrogens with zero attached hydrogens (tertiary/aromatic N) is 1. The van der Waals surface area contributed by atoms with Crippen molar-refractivity contribution >= 4 is 15.8 Å². The van der Waals surface area contributed by atoms with Crippen molar-refractivity contribution in [1.82, 2.24) is 9.71 Å². The highest BCUT2D eigenvalue weighted by atomic mass is 32.2. The second kappa shape index (κ2) is 6.86. The number of sulfonamides is 1. The Morgan fingerprint density at radius 2 is 2.00 bits per heavy atom. The average Bonchev–Trinajstić information content (AvgIpc) is 2.38. The smallest absolute Gasteiger partial charge is 0.244 e. The van der Waals surface area contributed by atoms with Crippen LogP contribution in [0.25, 0.3) is 0 Å². The molecule has 0 aliphatic carbocycles. The lowest BCUT2D eigenvalue weighted by molar-refractivity contribution is 0.434. The van der Waals surface area contributed by atoms with Gasteiger partial charge in [-0.3, -0.25) is 0 Å². The molecule has 1 aromatic heterocycles. The van der Waals surface area contributed by atoms with Gasteiger partial charge >= 0.3 is 0 Å². The third kappa shape index (κ3) is 4.18. The fourth-order valence-corrected chi connectivity index (χ4v) is 3.17. The normalized spacial score (nSPS) is 14.9. The monoisotopic (exact) mass is 285 g/mol. The lowest BCUT2D eigenvalue weighted by atomic mass is 10.0. The molecular weight excluding hydrogens is 262 g/mol. The van der Waals surface area contributed by atoms with Crippen molar-refractivity contribution in [3.8, 4) is 0 Å². The maximum Gasteiger partial charge on any atom is 0.244 e. The summed E-state index contributed by atoms with van der Waals surface area (Å²) in [6.07, 6.45) is 2.51. The standard InChI is InChI=1S/C13H23N3O2S/c1-5-10(3)11(4)16-19(17,18)12-8-7-9-15-13(12)14-6-2/h7-11,16H,5-6H2,1-4H3,(H,14,15). The minimum Gasteiger partial charge on any atom is -0.369 e. The molecule has 6 heteroatoms. The van der Waals surface area contributed by atoms with Gasteiger partial charge in [-0.1, -0.05) is 20.3 Å². The van der Waals surface area contributed by atoms with Crippen molar-refractivity contribution in [3.05, 3.63) is 18.3 Å². The molecule has 1 aromatic rings. The summed E-state index contributed by atoms with van der Waals surface area (Å²) >= 11 is 0. The largest absolute Gasteiger partial charge is 0.369 e. The Morgan fingerprint density at radius 3 is 2.58 bits per heavy atom. The minimum atomic E-state index is -3.54. The molecule has 0 aliphatic heterocycles. The molecule has 2 unspecified atom stereocenters. The summed E-state index contributed by atoms with van der Waals surface area (Å²) in [6, 6.07) is 3.09. The predicted molar refractivity (Wildman–Crippen MR) is 77.6 cm³/mol. The molecule has 0 spiro atoms. The summed E-state index contributed by atoms with van der Waals surface area (Å²) in [5.74, 6) is 0.683. The van der Waals surface area contributed by atoms with Crippen molar-refractivity contribution in [1.29, 1.82) is 0 Å². The molecule has 108 valence electrons. The van der Waals surface area contributed by atoms with Gasteiger partial charge in [-0.2, -0.15) is 0 Å². The third-order valence-corrected chi connectivity index (χ3v) is 4.83. The van der Waals surface area contributed by atoms with Crippen LogP contribution in [0.2, 0.25) is 0 Å². The zero-order chi connectivity index (χ0) is 14.5. The van der Waals surface area contributed by atoms with E-state index in [4.69, 9.17) is 0 Å². The molecule has 0 bridgehead atoms. The van der Waals surface area contributed by atoms with E-state index in [9.17, 15) is 8.42 Å². The Balaban J connectivity index is 3.00. The third-order valence-electron chi connectivity index (χ3n) is 3.24. The van der Waals surface area contributed by atoms with Crippen LogP contribution in [0.15, 0.2) is 23.2 Å². The molecule has 1 rings (SSSR count). The lowest BCUT2D eigenvalue weighted by Gasteiger charge is -2.20. The van der Waals surface area contributed by atoms with E-state index in [2.05, 4.69) is 15.0 Å². The molecule has 2 atom stereocenters. The highest BCUT2D eigenvalue weighted by molar-refractivity contribution is 7.89. The summed E-state index contributed by atoms with van der Waals surface area (Å²) in [4.78, 5) is 4.28. The first kappa shape index (κ1) is 15.9. The Hall–Kier alpha value is -1.14. The number of anilines is 1. The molecule has 19 heavy (non-hydrogen) atoms. The van der Waals surface area contributed by atoms with Gasteiger partial charge in [0.15, 0.2) is 0 Å². The number of pyridine rings is 1. The fourth-order valence-electron chi connectivity index (χ4n) is 1.69. The molecule has 0 radical (unpaired) electrons. The van der Waals surface area contributed by atoms with Crippen molar-refractivity contribution in [3.63, 3.8) is 0 Å². The van der Waals surface area contributed by atoms with E-state index in [0.29, 0.717) is 12.4 Å². The van der Waals surface area contributed by atoms with Crippen LogP contribution in [0.1, 0.15) is 34.1 Å².